The zero-order valence-corrected chi connectivity index (χ0v) is 23.0. The minimum absolute atomic E-state index is 0.0752. The summed E-state index contributed by atoms with van der Waals surface area (Å²) in [5, 5.41) is 5.68. The topological polar surface area (TPSA) is 83.8 Å². The van der Waals surface area contributed by atoms with E-state index in [2.05, 4.69) is 54.9 Å². The third kappa shape index (κ3) is 4.85. The Labute approximate surface area is 225 Å². The lowest BCUT2D eigenvalue weighted by Gasteiger charge is -2.27. The molecule has 1 amide bonds. The van der Waals surface area contributed by atoms with Crippen molar-refractivity contribution in [3.05, 3.63) is 61.2 Å². The number of aromatic nitrogens is 2. The average molecular weight is 652 g/mol. The maximum atomic E-state index is 13.4. The van der Waals surface area contributed by atoms with Gasteiger partial charge in [0.05, 0.1) is 21.8 Å². The van der Waals surface area contributed by atoms with Crippen LogP contribution in [0.4, 0.5) is 0 Å². The molecule has 1 saturated carbocycles. The Balaban J connectivity index is 1.51. The predicted octanol–water partition coefficient (Wildman–Crippen LogP) is 6.90. The van der Waals surface area contributed by atoms with Gasteiger partial charge in [0.1, 0.15) is 0 Å². The van der Waals surface area contributed by atoms with Crippen molar-refractivity contribution in [2.24, 2.45) is 17.6 Å². The van der Waals surface area contributed by atoms with Crippen LogP contribution < -0.4 is 11.1 Å². The Morgan fingerprint density at radius 3 is 2.68 bits per heavy atom. The van der Waals surface area contributed by atoms with Crippen LogP contribution in [0.15, 0.2) is 47.1 Å². The van der Waals surface area contributed by atoms with E-state index in [9.17, 15) is 4.79 Å². The third-order valence-corrected chi connectivity index (χ3v) is 8.88. The smallest absolute Gasteiger partial charge is 0.252 e. The summed E-state index contributed by atoms with van der Waals surface area (Å²) in [6.07, 6.45) is 6.46. The Morgan fingerprint density at radius 1 is 1.15 bits per heavy atom. The maximum Gasteiger partial charge on any atom is 0.252 e. The van der Waals surface area contributed by atoms with Crippen molar-refractivity contribution < 1.29 is 4.79 Å². The van der Waals surface area contributed by atoms with E-state index in [0.717, 1.165) is 67.8 Å². The second kappa shape index (κ2) is 10.1. The van der Waals surface area contributed by atoms with Crippen LogP contribution in [0.2, 0.25) is 5.02 Å². The van der Waals surface area contributed by atoms with Crippen molar-refractivity contribution in [1.29, 1.82) is 0 Å². The van der Waals surface area contributed by atoms with Crippen LogP contribution >= 0.6 is 50.1 Å². The molecule has 4 aromatic rings. The number of pyridine rings is 1. The highest BCUT2D eigenvalue weighted by molar-refractivity contribution is 14.1. The second-order valence-electron chi connectivity index (χ2n) is 9.06. The molecule has 4 N–H and O–H groups in total. The monoisotopic (exact) mass is 650 g/mol. The summed E-state index contributed by atoms with van der Waals surface area (Å²) >= 11 is 12.2. The van der Waals surface area contributed by atoms with Crippen LogP contribution in [0.25, 0.3) is 33.1 Å². The predicted molar refractivity (Wildman–Crippen MR) is 151 cm³/mol. The molecule has 5 nitrogen and oxygen atoms in total. The molecule has 0 saturated heterocycles. The third-order valence-electron chi connectivity index (χ3n) is 6.87. The zero-order chi connectivity index (χ0) is 23.8. The van der Waals surface area contributed by atoms with E-state index in [1.54, 1.807) is 0 Å². The van der Waals surface area contributed by atoms with E-state index in [-0.39, 0.29) is 5.91 Å². The lowest BCUT2D eigenvalue weighted by atomic mass is 9.82. The van der Waals surface area contributed by atoms with Crippen molar-refractivity contribution >= 4 is 77.8 Å². The minimum Gasteiger partial charge on any atom is -0.360 e. The molecule has 2 aromatic carbocycles. The van der Waals surface area contributed by atoms with Crippen LogP contribution in [-0.4, -0.2) is 29.0 Å². The Kier molecular flexibility index (Phi) is 7.16. The molecule has 176 valence electrons. The number of carbonyl (C=O) groups excluding carboxylic acids is 1. The van der Waals surface area contributed by atoms with Gasteiger partial charge in [-0.05, 0) is 103 Å². The number of H-pyrrole nitrogens is 1. The highest BCUT2D eigenvalue weighted by Gasteiger charge is 2.22. The van der Waals surface area contributed by atoms with Gasteiger partial charge in [-0.2, -0.15) is 0 Å². The SMILES string of the molecule is NCC1CCC(CNC(=O)c2cc(-c3c[nH]c4ccc(Br)cc34)nc3cc(Cl)c(I)cc23)CC1. The van der Waals surface area contributed by atoms with Crippen molar-refractivity contribution in [3.8, 4) is 11.3 Å². The number of hydrogen-bond donors (Lipinski definition) is 3. The molecule has 2 aromatic heterocycles. The number of nitrogens with zero attached hydrogens (tertiary/aromatic N) is 1. The Hall–Kier alpha value is -1.68. The number of hydrogen-bond acceptors (Lipinski definition) is 3. The molecular formula is C26H25BrClIN4O. The molecule has 0 atom stereocenters. The maximum absolute atomic E-state index is 13.4. The number of amides is 1. The van der Waals surface area contributed by atoms with E-state index in [1.807, 2.05) is 36.5 Å². The molecule has 0 radical (unpaired) electrons. The first-order valence-electron chi connectivity index (χ1n) is 11.5. The molecule has 0 unspecified atom stereocenters. The van der Waals surface area contributed by atoms with E-state index in [4.69, 9.17) is 22.3 Å². The summed E-state index contributed by atoms with van der Waals surface area (Å²) in [6.45, 7) is 1.44. The van der Waals surface area contributed by atoms with E-state index < -0.39 is 0 Å². The van der Waals surface area contributed by atoms with Gasteiger partial charge < -0.3 is 16.0 Å². The van der Waals surface area contributed by atoms with E-state index in [1.165, 1.54) is 0 Å². The second-order valence-corrected chi connectivity index (χ2v) is 11.5. The fourth-order valence-electron chi connectivity index (χ4n) is 4.86. The molecular weight excluding hydrogens is 627 g/mol. The molecule has 2 heterocycles. The summed E-state index contributed by atoms with van der Waals surface area (Å²) in [5.74, 6) is 1.05. The molecule has 8 heteroatoms. The first kappa shape index (κ1) is 24.0. The lowest BCUT2D eigenvalue weighted by Crippen LogP contribution is -2.32. The fraction of sp³-hybridized carbons (Fsp3) is 0.308. The molecule has 1 aliphatic rings. The number of rotatable bonds is 5. The van der Waals surface area contributed by atoms with Crippen LogP contribution in [0, 0.1) is 15.4 Å². The number of nitrogens with one attached hydrogen (secondary N) is 2. The van der Waals surface area contributed by atoms with Gasteiger partial charge in [-0.3, -0.25) is 4.79 Å². The van der Waals surface area contributed by atoms with Gasteiger partial charge in [0, 0.05) is 42.6 Å². The van der Waals surface area contributed by atoms with Gasteiger partial charge in [-0.15, -0.1) is 0 Å². The molecule has 0 bridgehead atoms. The van der Waals surface area contributed by atoms with Crippen LogP contribution in [-0.2, 0) is 0 Å². The first-order chi connectivity index (χ1) is 16.4. The van der Waals surface area contributed by atoms with Crippen LogP contribution in [0.1, 0.15) is 36.0 Å². The van der Waals surface area contributed by atoms with Crippen molar-refractivity contribution in [3.63, 3.8) is 0 Å². The first-order valence-corrected chi connectivity index (χ1v) is 13.7. The quantitative estimate of drug-likeness (QED) is 0.206. The lowest BCUT2D eigenvalue weighted by molar-refractivity contribution is 0.0943. The molecule has 0 aliphatic heterocycles. The summed E-state index contributed by atoms with van der Waals surface area (Å²) in [5.41, 5.74) is 9.86. The van der Waals surface area contributed by atoms with Crippen molar-refractivity contribution in [1.82, 2.24) is 15.3 Å². The van der Waals surface area contributed by atoms with Gasteiger partial charge in [0.2, 0.25) is 0 Å². The molecule has 5 rings (SSSR count). The number of benzene rings is 2. The highest BCUT2D eigenvalue weighted by Crippen LogP contribution is 2.34. The normalized spacial score (nSPS) is 18.5. The average Bonchev–Trinajstić information content (AvgIpc) is 3.26. The number of nitrogens with two attached hydrogens (primary N) is 1. The number of carbonyl (C=O) groups is 1. The van der Waals surface area contributed by atoms with Crippen molar-refractivity contribution in [2.45, 2.75) is 25.7 Å². The van der Waals surface area contributed by atoms with Gasteiger partial charge in [-0.1, -0.05) is 27.5 Å². The standard InChI is InChI=1S/C26H25BrClIN4O/c27-16-5-6-23-17(7-16)20(13-31-23)24-9-19(18-8-22(29)21(28)10-25(18)33-24)26(34)32-12-15-3-1-14(11-30)2-4-15/h5-10,13-15,31H,1-4,11-12,30H2,(H,32,34). The summed E-state index contributed by atoms with van der Waals surface area (Å²) in [4.78, 5) is 21.7. The van der Waals surface area contributed by atoms with Crippen molar-refractivity contribution in [2.75, 3.05) is 13.1 Å². The number of halogens is 3. The molecule has 34 heavy (non-hydrogen) atoms. The minimum atomic E-state index is -0.0752. The van der Waals surface area contributed by atoms with Gasteiger partial charge in [-0.25, -0.2) is 4.98 Å². The van der Waals surface area contributed by atoms with Crippen LogP contribution in [0.3, 0.4) is 0 Å². The highest BCUT2D eigenvalue weighted by atomic mass is 127. The largest absolute Gasteiger partial charge is 0.360 e. The number of fused-ring (bicyclic) bond motifs is 2. The summed E-state index contributed by atoms with van der Waals surface area (Å²) in [7, 11) is 0. The van der Waals surface area contributed by atoms with Crippen LogP contribution in [0.5, 0.6) is 0 Å². The molecule has 1 aliphatic carbocycles. The summed E-state index contributed by atoms with van der Waals surface area (Å²) < 4.78 is 1.88. The van der Waals surface area contributed by atoms with E-state index >= 15 is 0 Å². The Bertz CT molecular complexity index is 1380. The van der Waals surface area contributed by atoms with Gasteiger partial charge in [0.15, 0.2) is 0 Å². The zero-order valence-electron chi connectivity index (χ0n) is 18.5. The van der Waals surface area contributed by atoms with E-state index in [0.29, 0.717) is 34.5 Å². The van der Waals surface area contributed by atoms with Gasteiger partial charge in [0.25, 0.3) is 5.91 Å². The Morgan fingerprint density at radius 2 is 1.91 bits per heavy atom. The van der Waals surface area contributed by atoms with Gasteiger partial charge >= 0.3 is 0 Å². The summed E-state index contributed by atoms with van der Waals surface area (Å²) in [6, 6.07) is 11.8. The molecule has 1 fully saturated rings. The fourth-order valence-corrected chi connectivity index (χ4v) is 5.84. The number of aromatic amines is 1. The molecule has 0 spiro atoms.